The number of nitrogens with one attached hydrogen (secondary N) is 1. The highest BCUT2D eigenvalue weighted by atomic mass is 16.5. The van der Waals surface area contributed by atoms with E-state index in [-0.39, 0.29) is 11.7 Å². The van der Waals surface area contributed by atoms with E-state index >= 15 is 0 Å². The Hall–Kier alpha value is -1.36. The first-order valence-electron chi connectivity index (χ1n) is 4.67. The number of aromatic nitrogens is 2. The van der Waals surface area contributed by atoms with Crippen LogP contribution in [-0.4, -0.2) is 35.8 Å². The molecule has 0 spiro atoms. The van der Waals surface area contributed by atoms with Gasteiger partial charge in [-0.1, -0.05) is 0 Å². The van der Waals surface area contributed by atoms with Gasteiger partial charge in [0, 0.05) is 19.2 Å². The predicted octanol–water partition coefficient (Wildman–Crippen LogP) is -0.00500. The Bertz CT molecular complexity index is 363. The zero-order valence-corrected chi connectivity index (χ0v) is 8.06. The molecule has 1 aliphatic rings. The molecule has 1 aromatic heterocycles. The van der Waals surface area contributed by atoms with Crippen molar-refractivity contribution < 1.29 is 4.74 Å². The van der Waals surface area contributed by atoms with Crippen LogP contribution in [0.5, 0.6) is 0 Å². The third-order valence-electron chi connectivity index (χ3n) is 2.23. The van der Waals surface area contributed by atoms with Gasteiger partial charge in [-0.2, -0.15) is 0 Å². The lowest BCUT2D eigenvalue weighted by Crippen LogP contribution is -2.41. The van der Waals surface area contributed by atoms with E-state index in [1.54, 1.807) is 0 Å². The standard InChI is InChI=1S/C9H13N3O2/c1-7-5-12(2-3-14-7)8-4-9(13)11-6-10-8/h4,6-7H,2-3,5H2,1H3,(H,10,11,13). The van der Waals surface area contributed by atoms with E-state index < -0.39 is 0 Å². The summed E-state index contributed by atoms with van der Waals surface area (Å²) in [5.74, 6) is 0.726. The van der Waals surface area contributed by atoms with Crippen molar-refractivity contribution in [1.82, 2.24) is 9.97 Å². The molecule has 5 heteroatoms. The van der Waals surface area contributed by atoms with Gasteiger partial charge in [-0.3, -0.25) is 4.79 Å². The fourth-order valence-corrected chi connectivity index (χ4v) is 1.56. The Morgan fingerprint density at radius 3 is 3.29 bits per heavy atom. The Kier molecular flexibility index (Phi) is 2.49. The van der Waals surface area contributed by atoms with Gasteiger partial charge in [0.25, 0.3) is 5.56 Å². The number of hydrogen-bond donors (Lipinski definition) is 1. The lowest BCUT2D eigenvalue weighted by atomic mass is 10.3. The first-order valence-corrected chi connectivity index (χ1v) is 4.67. The number of aromatic amines is 1. The quantitative estimate of drug-likeness (QED) is 0.685. The van der Waals surface area contributed by atoms with E-state index in [1.165, 1.54) is 12.4 Å². The molecule has 0 aliphatic carbocycles. The Labute approximate surface area is 81.7 Å². The van der Waals surface area contributed by atoms with Crippen molar-refractivity contribution in [1.29, 1.82) is 0 Å². The molecular formula is C9H13N3O2. The summed E-state index contributed by atoms with van der Waals surface area (Å²) in [5.41, 5.74) is -0.117. The second-order valence-electron chi connectivity index (χ2n) is 3.40. The molecule has 1 N–H and O–H groups in total. The zero-order chi connectivity index (χ0) is 9.97. The molecule has 1 aromatic rings. The molecule has 76 valence electrons. The first kappa shape index (κ1) is 9.21. The van der Waals surface area contributed by atoms with Crippen molar-refractivity contribution in [2.24, 2.45) is 0 Å². The molecule has 5 nitrogen and oxygen atoms in total. The number of anilines is 1. The van der Waals surface area contributed by atoms with Gasteiger partial charge >= 0.3 is 0 Å². The molecule has 14 heavy (non-hydrogen) atoms. The van der Waals surface area contributed by atoms with Crippen LogP contribution in [0.1, 0.15) is 6.92 Å². The average Bonchev–Trinajstić information content (AvgIpc) is 2.18. The monoisotopic (exact) mass is 195 g/mol. The summed E-state index contributed by atoms with van der Waals surface area (Å²) >= 11 is 0. The van der Waals surface area contributed by atoms with E-state index in [0.717, 1.165) is 18.9 Å². The molecule has 2 rings (SSSR count). The van der Waals surface area contributed by atoms with Crippen LogP contribution in [-0.2, 0) is 4.74 Å². The molecule has 1 saturated heterocycles. The lowest BCUT2D eigenvalue weighted by Gasteiger charge is -2.31. The summed E-state index contributed by atoms with van der Waals surface area (Å²) in [5, 5.41) is 0. The minimum atomic E-state index is -0.117. The molecule has 0 radical (unpaired) electrons. The highest BCUT2D eigenvalue weighted by molar-refractivity contribution is 5.36. The normalized spacial score (nSPS) is 22.4. The van der Waals surface area contributed by atoms with Crippen molar-refractivity contribution in [3.05, 3.63) is 22.7 Å². The van der Waals surface area contributed by atoms with Crippen LogP contribution >= 0.6 is 0 Å². The molecule has 1 fully saturated rings. The molecule has 2 heterocycles. The van der Waals surface area contributed by atoms with Gasteiger partial charge in [-0.05, 0) is 6.92 Å². The van der Waals surface area contributed by atoms with E-state index in [9.17, 15) is 4.79 Å². The van der Waals surface area contributed by atoms with Crippen LogP contribution in [0.3, 0.4) is 0 Å². The zero-order valence-electron chi connectivity index (χ0n) is 8.06. The van der Waals surface area contributed by atoms with E-state index in [4.69, 9.17) is 4.74 Å². The lowest BCUT2D eigenvalue weighted by molar-refractivity contribution is 0.0529. The maximum atomic E-state index is 11.1. The Balaban J connectivity index is 2.18. The Morgan fingerprint density at radius 1 is 1.71 bits per heavy atom. The number of rotatable bonds is 1. The van der Waals surface area contributed by atoms with Crippen LogP contribution in [0.2, 0.25) is 0 Å². The number of ether oxygens (including phenoxy) is 1. The second kappa shape index (κ2) is 3.79. The van der Waals surface area contributed by atoms with Gasteiger partial charge in [0.1, 0.15) is 5.82 Å². The van der Waals surface area contributed by atoms with Crippen molar-refractivity contribution in [3.8, 4) is 0 Å². The third kappa shape index (κ3) is 1.93. The van der Waals surface area contributed by atoms with Crippen molar-refractivity contribution >= 4 is 5.82 Å². The van der Waals surface area contributed by atoms with Crippen LogP contribution in [0.4, 0.5) is 5.82 Å². The van der Waals surface area contributed by atoms with Crippen LogP contribution in [0.25, 0.3) is 0 Å². The number of nitrogens with zero attached hydrogens (tertiary/aromatic N) is 2. The van der Waals surface area contributed by atoms with Gasteiger partial charge in [-0.25, -0.2) is 4.98 Å². The van der Waals surface area contributed by atoms with Gasteiger partial charge in [0.2, 0.25) is 0 Å². The molecule has 1 aliphatic heterocycles. The van der Waals surface area contributed by atoms with Crippen LogP contribution in [0, 0.1) is 0 Å². The van der Waals surface area contributed by atoms with Gasteiger partial charge < -0.3 is 14.6 Å². The molecule has 0 amide bonds. The topological polar surface area (TPSA) is 58.2 Å². The summed E-state index contributed by atoms with van der Waals surface area (Å²) in [6, 6.07) is 1.51. The van der Waals surface area contributed by atoms with Gasteiger partial charge in [0.15, 0.2) is 0 Å². The molecule has 0 bridgehead atoms. The van der Waals surface area contributed by atoms with E-state index in [2.05, 4.69) is 14.9 Å². The smallest absolute Gasteiger partial charge is 0.252 e. The molecule has 0 saturated carbocycles. The SMILES string of the molecule is CC1CN(c2cc(=O)[nH]cn2)CCO1. The van der Waals surface area contributed by atoms with Crippen LogP contribution in [0.15, 0.2) is 17.2 Å². The van der Waals surface area contributed by atoms with E-state index in [0.29, 0.717) is 6.61 Å². The summed E-state index contributed by atoms with van der Waals surface area (Å²) in [7, 11) is 0. The van der Waals surface area contributed by atoms with Crippen molar-refractivity contribution in [2.45, 2.75) is 13.0 Å². The maximum absolute atomic E-state index is 11.1. The average molecular weight is 195 g/mol. The predicted molar refractivity (Wildman–Crippen MR) is 52.5 cm³/mol. The Morgan fingerprint density at radius 2 is 2.57 bits per heavy atom. The molecule has 1 unspecified atom stereocenters. The molecule has 0 aromatic carbocycles. The van der Waals surface area contributed by atoms with Crippen molar-refractivity contribution in [2.75, 3.05) is 24.6 Å². The van der Waals surface area contributed by atoms with Crippen molar-refractivity contribution in [3.63, 3.8) is 0 Å². The largest absolute Gasteiger partial charge is 0.375 e. The second-order valence-corrected chi connectivity index (χ2v) is 3.40. The number of morpholine rings is 1. The summed E-state index contributed by atoms with van der Waals surface area (Å²) in [4.78, 5) is 19.7. The summed E-state index contributed by atoms with van der Waals surface area (Å²) in [6.07, 6.45) is 1.63. The molecular weight excluding hydrogens is 182 g/mol. The minimum Gasteiger partial charge on any atom is -0.375 e. The number of hydrogen-bond acceptors (Lipinski definition) is 4. The van der Waals surface area contributed by atoms with Gasteiger partial charge in [-0.15, -0.1) is 0 Å². The highest BCUT2D eigenvalue weighted by Gasteiger charge is 2.17. The maximum Gasteiger partial charge on any atom is 0.252 e. The molecule has 1 atom stereocenters. The van der Waals surface area contributed by atoms with Crippen LogP contribution < -0.4 is 10.5 Å². The fraction of sp³-hybridized carbons (Fsp3) is 0.556. The van der Waals surface area contributed by atoms with E-state index in [1.807, 2.05) is 6.92 Å². The number of H-pyrrole nitrogens is 1. The summed E-state index contributed by atoms with van der Waals surface area (Å²) < 4.78 is 5.40. The summed E-state index contributed by atoms with van der Waals surface area (Å²) in [6.45, 7) is 4.28. The highest BCUT2D eigenvalue weighted by Crippen LogP contribution is 2.11. The third-order valence-corrected chi connectivity index (χ3v) is 2.23. The minimum absolute atomic E-state index is 0.117. The fourth-order valence-electron chi connectivity index (χ4n) is 1.56. The van der Waals surface area contributed by atoms with Gasteiger partial charge in [0.05, 0.1) is 19.0 Å². The first-order chi connectivity index (χ1) is 6.75.